The van der Waals surface area contributed by atoms with Crippen LogP contribution in [0.2, 0.25) is 0 Å². The van der Waals surface area contributed by atoms with E-state index in [0.717, 1.165) is 23.4 Å². The van der Waals surface area contributed by atoms with Crippen molar-refractivity contribution in [2.45, 2.75) is 24.8 Å². The zero-order valence-corrected chi connectivity index (χ0v) is 29.7. The number of para-hydroxylation sites is 2. The van der Waals surface area contributed by atoms with Gasteiger partial charge in [-0.2, -0.15) is 0 Å². The molecule has 1 aliphatic rings. The van der Waals surface area contributed by atoms with Gasteiger partial charge in [-0.1, -0.05) is 170 Å². The fraction of sp³-hybridized carbons (Fsp3) is 0.125. The highest BCUT2D eigenvalue weighted by atomic mass is 15.3. The second kappa shape index (κ2) is 14.7. The summed E-state index contributed by atoms with van der Waals surface area (Å²) in [7, 11) is 4.38. The molecule has 0 fully saturated rings. The quantitative estimate of drug-likeness (QED) is 0.160. The second-order valence-electron chi connectivity index (χ2n) is 13.8. The minimum absolute atomic E-state index is 0.0331. The average molecular weight is 677 g/mol. The number of hydrogen-bond donors (Lipinski definition) is 2. The van der Waals surface area contributed by atoms with E-state index in [1.54, 1.807) is 0 Å². The third-order valence-electron chi connectivity index (χ3n) is 10.5. The van der Waals surface area contributed by atoms with E-state index in [4.69, 9.17) is 5.73 Å². The summed E-state index contributed by atoms with van der Waals surface area (Å²) in [5, 5.41) is 3.82. The summed E-state index contributed by atoms with van der Waals surface area (Å²) >= 11 is 0. The van der Waals surface area contributed by atoms with Gasteiger partial charge in [0, 0.05) is 25.0 Å². The van der Waals surface area contributed by atoms with E-state index in [9.17, 15) is 0 Å². The van der Waals surface area contributed by atoms with Crippen LogP contribution in [0.15, 0.2) is 182 Å². The summed E-state index contributed by atoms with van der Waals surface area (Å²) in [6.07, 6.45) is 0.0331. The van der Waals surface area contributed by atoms with Crippen molar-refractivity contribution in [3.05, 3.63) is 215 Å². The predicted octanol–water partition coefficient (Wildman–Crippen LogP) is 10.9. The lowest BCUT2D eigenvalue weighted by atomic mass is 9.91. The molecule has 0 saturated carbocycles. The average Bonchev–Trinajstić information content (AvgIpc) is 3.21. The van der Waals surface area contributed by atoms with E-state index in [-0.39, 0.29) is 18.2 Å². The van der Waals surface area contributed by atoms with Crippen LogP contribution in [0.25, 0.3) is 22.3 Å². The van der Waals surface area contributed by atoms with Gasteiger partial charge >= 0.3 is 0 Å². The molecule has 7 aromatic rings. The van der Waals surface area contributed by atoms with Crippen LogP contribution in [-0.2, 0) is 6.54 Å². The highest BCUT2D eigenvalue weighted by Gasteiger charge is 2.33. The molecule has 0 bridgehead atoms. The normalized spacial score (nSPS) is 16.1. The molecule has 1 aliphatic heterocycles. The summed E-state index contributed by atoms with van der Waals surface area (Å²) < 4.78 is 0. The van der Waals surface area contributed by atoms with Gasteiger partial charge in [-0.15, -0.1) is 0 Å². The van der Waals surface area contributed by atoms with Crippen LogP contribution < -0.4 is 16.0 Å². The molecule has 52 heavy (non-hydrogen) atoms. The second-order valence-corrected chi connectivity index (χ2v) is 13.8. The van der Waals surface area contributed by atoms with Crippen molar-refractivity contribution in [3.63, 3.8) is 0 Å². The molecule has 3 N–H and O–H groups in total. The van der Waals surface area contributed by atoms with Crippen molar-refractivity contribution in [1.82, 2.24) is 4.90 Å². The van der Waals surface area contributed by atoms with Crippen LogP contribution in [-0.4, -0.2) is 19.0 Å². The Kier molecular flexibility index (Phi) is 9.41. The van der Waals surface area contributed by atoms with Crippen molar-refractivity contribution < 1.29 is 0 Å². The Morgan fingerprint density at radius 2 is 1.10 bits per heavy atom. The molecule has 7 aromatic carbocycles. The third kappa shape index (κ3) is 6.74. The zero-order chi connectivity index (χ0) is 35.4. The summed E-state index contributed by atoms with van der Waals surface area (Å²) in [6, 6.07) is 64.9. The molecule has 3 atom stereocenters. The number of rotatable bonds is 9. The predicted molar refractivity (Wildman–Crippen MR) is 217 cm³/mol. The summed E-state index contributed by atoms with van der Waals surface area (Å²) in [4.78, 5) is 4.76. The molecule has 1 heterocycles. The Hall–Kier alpha value is -5.94. The summed E-state index contributed by atoms with van der Waals surface area (Å²) in [6.45, 7) is 0.770. The maximum Gasteiger partial charge on any atom is 0.106 e. The summed E-state index contributed by atoms with van der Waals surface area (Å²) in [5.41, 5.74) is 21.4. The Balaban J connectivity index is 1.00. The van der Waals surface area contributed by atoms with Crippen LogP contribution in [0.4, 0.5) is 11.4 Å². The molecule has 0 aliphatic carbocycles. The van der Waals surface area contributed by atoms with Crippen molar-refractivity contribution in [2.75, 3.05) is 24.3 Å². The van der Waals surface area contributed by atoms with Gasteiger partial charge in [0.1, 0.15) is 6.17 Å². The molecule has 3 unspecified atom stereocenters. The molecule has 0 aromatic heterocycles. The van der Waals surface area contributed by atoms with E-state index in [1.807, 2.05) is 6.07 Å². The van der Waals surface area contributed by atoms with Crippen LogP contribution in [0.5, 0.6) is 0 Å². The fourth-order valence-corrected chi connectivity index (χ4v) is 7.66. The smallest absolute Gasteiger partial charge is 0.106 e. The molecule has 8 rings (SSSR count). The van der Waals surface area contributed by atoms with Crippen molar-refractivity contribution >= 4 is 11.4 Å². The first-order valence-corrected chi connectivity index (χ1v) is 18.1. The van der Waals surface area contributed by atoms with Gasteiger partial charge in [0.25, 0.3) is 0 Å². The van der Waals surface area contributed by atoms with Gasteiger partial charge in [-0.3, -0.25) is 4.90 Å². The topological polar surface area (TPSA) is 44.5 Å². The number of nitrogens with two attached hydrogens (primary N) is 1. The first-order valence-electron chi connectivity index (χ1n) is 18.1. The molecule has 256 valence electrons. The molecule has 0 amide bonds. The number of nitrogens with one attached hydrogen (secondary N) is 1. The van der Waals surface area contributed by atoms with Crippen LogP contribution in [0.1, 0.15) is 51.6 Å². The number of nitrogens with zero attached hydrogens (tertiary/aromatic N) is 2. The first kappa shape index (κ1) is 33.2. The van der Waals surface area contributed by atoms with Crippen molar-refractivity contribution in [2.24, 2.45) is 5.73 Å². The lowest BCUT2D eigenvalue weighted by molar-refractivity contribution is 0.209. The van der Waals surface area contributed by atoms with Gasteiger partial charge in [0.15, 0.2) is 0 Å². The van der Waals surface area contributed by atoms with Crippen LogP contribution in [0.3, 0.4) is 0 Å². The van der Waals surface area contributed by atoms with E-state index in [1.165, 1.54) is 50.2 Å². The Bertz CT molecular complexity index is 2230. The Labute approximate surface area is 307 Å². The molecule has 0 spiro atoms. The van der Waals surface area contributed by atoms with Crippen molar-refractivity contribution in [3.8, 4) is 22.3 Å². The zero-order valence-electron chi connectivity index (χ0n) is 29.7. The largest absolute Gasteiger partial charge is 0.370 e. The lowest BCUT2D eigenvalue weighted by Gasteiger charge is -2.42. The van der Waals surface area contributed by atoms with Gasteiger partial charge in [-0.05, 0) is 74.8 Å². The SMILES string of the molecule is CN(Cc1ccc(C2c3ccccc3NC(c3ccc(-c4ccccc4)cc3)N2C)cc1)c1ccccc1C(N)c1ccc(-c2ccccc2)cc1. The number of benzene rings is 7. The van der Waals surface area contributed by atoms with Crippen molar-refractivity contribution in [1.29, 1.82) is 0 Å². The maximum absolute atomic E-state index is 6.94. The number of anilines is 2. The molecular weight excluding hydrogens is 633 g/mol. The lowest BCUT2D eigenvalue weighted by Crippen LogP contribution is -2.38. The van der Waals surface area contributed by atoms with Crippen LogP contribution >= 0.6 is 0 Å². The van der Waals surface area contributed by atoms with Gasteiger partial charge in [-0.25, -0.2) is 0 Å². The third-order valence-corrected chi connectivity index (χ3v) is 10.5. The van der Waals surface area contributed by atoms with E-state index in [2.05, 4.69) is 205 Å². The molecule has 0 saturated heterocycles. The highest BCUT2D eigenvalue weighted by Crippen LogP contribution is 2.43. The standard InChI is InChI=1S/C48H44N4/c1-51(45-20-12-10-18-43(45)46(49)39-29-25-37(26-30-39)35-13-5-3-6-14-35)33-34-21-23-40(24-22-34)47-42-17-9-11-19-44(42)50-48(52(47)2)41-31-27-38(28-32-41)36-15-7-4-8-16-36/h3-32,46-48,50H,33,49H2,1-2H3. The van der Waals surface area contributed by atoms with Gasteiger partial charge in [0.2, 0.25) is 0 Å². The Morgan fingerprint density at radius 1 is 0.577 bits per heavy atom. The highest BCUT2D eigenvalue weighted by molar-refractivity contribution is 5.66. The fourth-order valence-electron chi connectivity index (χ4n) is 7.66. The van der Waals surface area contributed by atoms with Gasteiger partial charge in [0.05, 0.1) is 12.1 Å². The van der Waals surface area contributed by atoms with Crippen LogP contribution in [0, 0.1) is 0 Å². The minimum atomic E-state index is -0.233. The van der Waals surface area contributed by atoms with E-state index in [0.29, 0.717) is 0 Å². The Morgan fingerprint density at radius 3 is 1.75 bits per heavy atom. The van der Waals surface area contributed by atoms with E-state index < -0.39 is 0 Å². The molecule has 4 heteroatoms. The molecule has 4 nitrogen and oxygen atoms in total. The number of fused-ring (bicyclic) bond motifs is 1. The maximum atomic E-state index is 6.94. The summed E-state index contributed by atoms with van der Waals surface area (Å²) in [5.74, 6) is 0. The van der Waals surface area contributed by atoms with Gasteiger partial charge < -0.3 is 16.0 Å². The molecular formula is C48H44N4. The number of hydrogen-bond acceptors (Lipinski definition) is 4. The van der Waals surface area contributed by atoms with E-state index >= 15 is 0 Å². The first-order chi connectivity index (χ1) is 25.5. The minimum Gasteiger partial charge on any atom is -0.370 e. The monoisotopic (exact) mass is 676 g/mol. The molecule has 0 radical (unpaired) electrons.